The summed E-state index contributed by atoms with van der Waals surface area (Å²) in [6.45, 7) is 2.97. The number of benzene rings is 2. The largest absolute Gasteiger partial charge is 0.273 e. The molecule has 140 valence electrons. The standard InChI is InChI=1S/C23H27F3/c1-3-4-16-5-7-17(8-6-16)18-9-11-19(12-10-18)20-13-14-21(22(24)15-20)23(2,25)26/h9-17H,3-8H2,1-2H3. The smallest absolute Gasteiger partial charge is 0.206 e. The first kappa shape index (κ1) is 19.0. The topological polar surface area (TPSA) is 0 Å². The zero-order valence-electron chi connectivity index (χ0n) is 15.6. The highest BCUT2D eigenvalue weighted by atomic mass is 19.3. The van der Waals surface area contributed by atoms with E-state index in [-0.39, 0.29) is 0 Å². The van der Waals surface area contributed by atoms with Gasteiger partial charge in [-0.05, 0) is 66.3 Å². The Morgan fingerprint density at radius 2 is 1.54 bits per heavy atom. The second-order valence-corrected chi connectivity index (χ2v) is 7.71. The molecule has 1 fully saturated rings. The van der Waals surface area contributed by atoms with Crippen LogP contribution >= 0.6 is 0 Å². The highest BCUT2D eigenvalue weighted by molar-refractivity contribution is 5.64. The number of alkyl halides is 2. The van der Waals surface area contributed by atoms with E-state index in [4.69, 9.17) is 0 Å². The SMILES string of the molecule is CCCC1CCC(c2ccc(-c3ccc(C(C)(F)F)c(F)c3)cc2)CC1. The zero-order chi connectivity index (χ0) is 18.7. The summed E-state index contributed by atoms with van der Waals surface area (Å²) < 4.78 is 40.7. The van der Waals surface area contributed by atoms with E-state index in [9.17, 15) is 13.2 Å². The maximum atomic E-state index is 14.0. The molecule has 3 rings (SSSR count). The van der Waals surface area contributed by atoms with E-state index in [0.29, 0.717) is 11.5 Å². The molecule has 3 heteroatoms. The molecule has 0 radical (unpaired) electrons. The zero-order valence-corrected chi connectivity index (χ0v) is 15.6. The Kier molecular flexibility index (Phi) is 5.74. The normalized spacial score (nSPS) is 21.0. The van der Waals surface area contributed by atoms with Crippen molar-refractivity contribution in [2.75, 3.05) is 0 Å². The Morgan fingerprint density at radius 1 is 0.923 bits per heavy atom. The van der Waals surface area contributed by atoms with Crippen LogP contribution in [0, 0.1) is 11.7 Å². The Balaban J connectivity index is 1.71. The molecule has 0 nitrogen and oxygen atoms in total. The van der Waals surface area contributed by atoms with Gasteiger partial charge in [-0.2, -0.15) is 0 Å². The molecule has 0 unspecified atom stereocenters. The molecule has 1 aliphatic rings. The number of hydrogen-bond acceptors (Lipinski definition) is 0. The summed E-state index contributed by atoms with van der Waals surface area (Å²) in [6.07, 6.45) is 7.68. The van der Waals surface area contributed by atoms with Crippen LogP contribution in [0.15, 0.2) is 42.5 Å². The summed E-state index contributed by atoms with van der Waals surface area (Å²) in [4.78, 5) is 0. The number of rotatable bonds is 5. The molecule has 0 amide bonds. The highest BCUT2D eigenvalue weighted by Gasteiger charge is 2.28. The lowest BCUT2D eigenvalue weighted by atomic mass is 9.77. The second kappa shape index (κ2) is 7.85. The molecular weight excluding hydrogens is 333 g/mol. The Labute approximate surface area is 154 Å². The molecule has 0 atom stereocenters. The minimum absolute atomic E-state index is 0.554. The predicted octanol–water partition coefficient (Wildman–Crippen LogP) is 7.68. The quantitative estimate of drug-likeness (QED) is 0.513. The van der Waals surface area contributed by atoms with Gasteiger partial charge in [0.1, 0.15) is 5.82 Å². The van der Waals surface area contributed by atoms with Crippen LogP contribution in [0.2, 0.25) is 0 Å². The maximum Gasteiger partial charge on any atom is 0.273 e. The van der Waals surface area contributed by atoms with Crippen molar-refractivity contribution >= 4 is 0 Å². The van der Waals surface area contributed by atoms with E-state index < -0.39 is 17.3 Å². The van der Waals surface area contributed by atoms with Gasteiger partial charge >= 0.3 is 0 Å². The monoisotopic (exact) mass is 360 g/mol. The fraction of sp³-hybridized carbons (Fsp3) is 0.478. The van der Waals surface area contributed by atoms with Gasteiger partial charge < -0.3 is 0 Å². The van der Waals surface area contributed by atoms with Gasteiger partial charge in [-0.1, -0.05) is 50.1 Å². The summed E-state index contributed by atoms with van der Waals surface area (Å²) in [7, 11) is 0. The molecule has 2 aromatic rings. The van der Waals surface area contributed by atoms with Crippen LogP contribution in [0.5, 0.6) is 0 Å². The predicted molar refractivity (Wildman–Crippen MR) is 101 cm³/mol. The fourth-order valence-corrected chi connectivity index (χ4v) is 4.19. The lowest BCUT2D eigenvalue weighted by Crippen LogP contribution is -2.13. The Hall–Kier alpha value is -1.77. The first-order chi connectivity index (χ1) is 12.4. The summed E-state index contributed by atoms with van der Waals surface area (Å²) in [6, 6.07) is 12.1. The number of halogens is 3. The van der Waals surface area contributed by atoms with Gasteiger partial charge in [-0.15, -0.1) is 0 Å². The van der Waals surface area contributed by atoms with Crippen LogP contribution < -0.4 is 0 Å². The molecule has 0 N–H and O–H groups in total. The molecular formula is C23H27F3. The minimum Gasteiger partial charge on any atom is -0.206 e. The van der Waals surface area contributed by atoms with Gasteiger partial charge in [-0.3, -0.25) is 0 Å². The summed E-state index contributed by atoms with van der Waals surface area (Å²) in [5, 5.41) is 0. The van der Waals surface area contributed by atoms with Gasteiger partial charge in [0.05, 0.1) is 5.56 Å². The summed E-state index contributed by atoms with van der Waals surface area (Å²) >= 11 is 0. The lowest BCUT2D eigenvalue weighted by Gasteiger charge is -2.28. The highest BCUT2D eigenvalue weighted by Crippen LogP contribution is 2.38. The first-order valence-corrected chi connectivity index (χ1v) is 9.66. The van der Waals surface area contributed by atoms with Crippen molar-refractivity contribution < 1.29 is 13.2 Å². The van der Waals surface area contributed by atoms with E-state index in [1.807, 2.05) is 12.1 Å². The summed E-state index contributed by atoms with van der Waals surface area (Å²) in [5.41, 5.74) is 2.27. The van der Waals surface area contributed by atoms with Crippen LogP contribution in [0.25, 0.3) is 11.1 Å². The third-order valence-corrected chi connectivity index (χ3v) is 5.70. The molecule has 1 saturated carbocycles. The third-order valence-electron chi connectivity index (χ3n) is 5.70. The minimum atomic E-state index is -3.16. The van der Waals surface area contributed by atoms with Gasteiger partial charge in [-0.25, -0.2) is 13.2 Å². The summed E-state index contributed by atoms with van der Waals surface area (Å²) in [5.74, 6) is -2.53. The van der Waals surface area contributed by atoms with Crippen LogP contribution in [0.4, 0.5) is 13.2 Å². The van der Waals surface area contributed by atoms with Crippen LogP contribution in [-0.2, 0) is 5.92 Å². The van der Waals surface area contributed by atoms with Crippen molar-refractivity contribution in [2.45, 2.75) is 64.2 Å². The van der Waals surface area contributed by atoms with E-state index in [2.05, 4.69) is 19.1 Å². The molecule has 2 aromatic carbocycles. The molecule has 0 heterocycles. The number of hydrogen-bond donors (Lipinski definition) is 0. The Morgan fingerprint density at radius 3 is 2.08 bits per heavy atom. The first-order valence-electron chi connectivity index (χ1n) is 9.66. The fourth-order valence-electron chi connectivity index (χ4n) is 4.19. The van der Waals surface area contributed by atoms with Crippen LogP contribution in [-0.4, -0.2) is 0 Å². The van der Waals surface area contributed by atoms with E-state index in [1.165, 1.54) is 56.2 Å². The van der Waals surface area contributed by atoms with Crippen molar-refractivity contribution in [1.82, 2.24) is 0 Å². The third kappa shape index (κ3) is 4.31. The van der Waals surface area contributed by atoms with Gasteiger partial charge in [0, 0.05) is 6.92 Å². The Bertz CT molecular complexity index is 720. The molecule has 0 saturated heterocycles. The van der Waals surface area contributed by atoms with Gasteiger partial charge in [0.15, 0.2) is 0 Å². The van der Waals surface area contributed by atoms with Gasteiger partial charge in [0.25, 0.3) is 5.92 Å². The molecule has 0 bridgehead atoms. The molecule has 26 heavy (non-hydrogen) atoms. The van der Waals surface area contributed by atoms with E-state index in [0.717, 1.165) is 18.4 Å². The molecule has 0 spiro atoms. The van der Waals surface area contributed by atoms with Crippen LogP contribution in [0.1, 0.15) is 69.4 Å². The lowest BCUT2D eigenvalue weighted by molar-refractivity contribution is 0.0138. The molecule has 0 aromatic heterocycles. The molecule has 1 aliphatic carbocycles. The van der Waals surface area contributed by atoms with E-state index >= 15 is 0 Å². The van der Waals surface area contributed by atoms with E-state index in [1.54, 1.807) is 6.07 Å². The average molecular weight is 360 g/mol. The van der Waals surface area contributed by atoms with Crippen molar-refractivity contribution in [3.05, 3.63) is 59.4 Å². The maximum absolute atomic E-state index is 14.0. The van der Waals surface area contributed by atoms with Crippen molar-refractivity contribution in [2.24, 2.45) is 5.92 Å². The average Bonchev–Trinajstić information content (AvgIpc) is 2.62. The van der Waals surface area contributed by atoms with Gasteiger partial charge in [0.2, 0.25) is 0 Å². The van der Waals surface area contributed by atoms with Crippen molar-refractivity contribution in [3.63, 3.8) is 0 Å². The van der Waals surface area contributed by atoms with Crippen molar-refractivity contribution in [3.8, 4) is 11.1 Å². The van der Waals surface area contributed by atoms with Crippen LogP contribution in [0.3, 0.4) is 0 Å². The van der Waals surface area contributed by atoms with Crippen molar-refractivity contribution in [1.29, 1.82) is 0 Å². The molecule has 0 aliphatic heterocycles. The second-order valence-electron chi connectivity index (χ2n) is 7.71.